The highest BCUT2D eigenvalue weighted by molar-refractivity contribution is 5.92. The minimum absolute atomic E-state index is 0.206. The van der Waals surface area contributed by atoms with E-state index in [2.05, 4.69) is 5.32 Å². The maximum atomic E-state index is 12.9. The molecule has 7 heteroatoms. The molecule has 0 unspecified atom stereocenters. The lowest BCUT2D eigenvalue weighted by Crippen LogP contribution is -2.35. The Morgan fingerprint density at radius 3 is 2.44 bits per heavy atom. The number of rotatable bonds is 8. The van der Waals surface area contributed by atoms with Gasteiger partial charge in [-0.2, -0.15) is 0 Å². The summed E-state index contributed by atoms with van der Waals surface area (Å²) in [6, 6.07) is 10.4. The summed E-state index contributed by atoms with van der Waals surface area (Å²) >= 11 is 0. The molecule has 2 rings (SSSR count). The van der Waals surface area contributed by atoms with Crippen molar-refractivity contribution in [2.45, 2.75) is 26.5 Å². The second-order valence-electron chi connectivity index (χ2n) is 5.69. The van der Waals surface area contributed by atoms with Crippen LogP contribution in [0.4, 0.5) is 4.39 Å². The van der Waals surface area contributed by atoms with Crippen molar-refractivity contribution < 1.29 is 28.2 Å². The molecular formula is C20H22FNO5. The van der Waals surface area contributed by atoms with Crippen LogP contribution in [0.3, 0.4) is 0 Å². The van der Waals surface area contributed by atoms with Gasteiger partial charge in [0.15, 0.2) is 17.6 Å². The van der Waals surface area contributed by atoms with Crippen molar-refractivity contribution in [1.29, 1.82) is 0 Å². The van der Waals surface area contributed by atoms with Crippen molar-refractivity contribution in [2.24, 2.45) is 0 Å². The molecule has 0 aliphatic rings. The lowest BCUT2D eigenvalue weighted by atomic mass is 10.2. The van der Waals surface area contributed by atoms with Crippen LogP contribution in [-0.2, 0) is 16.1 Å². The van der Waals surface area contributed by atoms with Crippen LogP contribution in [0.15, 0.2) is 42.5 Å². The SMILES string of the molecule is CCOc1cc(C(=O)O[C@H](C)C(=O)NCc2ccc(F)cc2)ccc1OC. The number of methoxy groups -OCH3 is 1. The number of benzene rings is 2. The first kappa shape index (κ1) is 20.2. The summed E-state index contributed by atoms with van der Waals surface area (Å²) in [7, 11) is 1.50. The molecule has 1 atom stereocenters. The molecule has 0 bridgehead atoms. The highest BCUT2D eigenvalue weighted by Crippen LogP contribution is 2.28. The molecule has 0 saturated heterocycles. The molecule has 2 aromatic carbocycles. The lowest BCUT2D eigenvalue weighted by Gasteiger charge is -2.15. The van der Waals surface area contributed by atoms with Gasteiger partial charge in [0, 0.05) is 6.54 Å². The summed E-state index contributed by atoms with van der Waals surface area (Å²) in [5, 5.41) is 2.64. The average Bonchev–Trinajstić information content (AvgIpc) is 2.67. The Labute approximate surface area is 157 Å². The van der Waals surface area contributed by atoms with Gasteiger partial charge < -0.3 is 19.5 Å². The molecule has 0 aliphatic carbocycles. The maximum absolute atomic E-state index is 12.9. The first-order chi connectivity index (χ1) is 12.9. The van der Waals surface area contributed by atoms with Crippen molar-refractivity contribution in [3.05, 3.63) is 59.4 Å². The number of ether oxygens (including phenoxy) is 3. The van der Waals surface area contributed by atoms with Crippen LogP contribution in [0.2, 0.25) is 0 Å². The molecule has 0 radical (unpaired) electrons. The molecule has 0 heterocycles. The average molecular weight is 375 g/mol. The van der Waals surface area contributed by atoms with E-state index in [0.29, 0.717) is 18.1 Å². The van der Waals surface area contributed by atoms with Crippen LogP contribution in [0.1, 0.15) is 29.8 Å². The van der Waals surface area contributed by atoms with Crippen LogP contribution in [0, 0.1) is 5.82 Å². The normalized spacial score (nSPS) is 11.4. The van der Waals surface area contributed by atoms with Crippen LogP contribution < -0.4 is 14.8 Å². The molecule has 0 aliphatic heterocycles. The number of amides is 1. The Kier molecular flexibility index (Phi) is 7.16. The van der Waals surface area contributed by atoms with Crippen molar-refractivity contribution in [1.82, 2.24) is 5.32 Å². The Bertz CT molecular complexity index is 791. The van der Waals surface area contributed by atoms with Crippen LogP contribution >= 0.6 is 0 Å². The van der Waals surface area contributed by atoms with Crippen LogP contribution in [-0.4, -0.2) is 31.7 Å². The molecule has 0 aromatic heterocycles. The molecule has 0 fully saturated rings. The third kappa shape index (κ3) is 5.70. The topological polar surface area (TPSA) is 73.9 Å². The van der Waals surface area contributed by atoms with Crippen molar-refractivity contribution in [3.8, 4) is 11.5 Å². The van der Waals surface area contributed by atoms with Gasteiger partial charge in [0.1, 0.15) is 5.82 Å². The second-order valence-corrected chi connectivity index (χ2v) is 5.69. The molecule has 1 amide bonds. The molecule has 0 spiro atoms. The summed E-state index contributed by atoms with van der Waals surface area (Å²) < 4.78 is 28.7. The molecule has 1 N–H and O–H groups in total. The van der Waals surface area contributed by atoms with Crippen LogP contribution in [0.5, 0.6) is 11.5 Å². The van der Waals surface area contributed by atoms with E-state index in [0.717, 1.165) is 5.56 Å². The molecular weight excluding hydrogens is 353 g/mol. The fourth-order valence-corrected chi connectivity index (χ4v) is 2.29. The standard InChI is InChI=1S/C20H22FNO5/c1-4-26-18-11-15(7-10-17(18)25-3)20(24)27-13(2)19(23)22-12-14-5-8-16(21)9-6-14/h5-11,13H,4,12H2,1-3H3,(H,22,23)/t13-/m1/s1. The largest absolute Gasteiger partial charge is 0.493 e. The molecule has 2 aromatic rings. The zero-order chi connectivity index (χ0) is 19.8. The lowest BCUT2D eigenvalue weighted by molar-refractivity contribution is -0.129. The Morgan fingerprint density at radius 2 is 1.81 bits per heavy atom. The quantitative estimate of drug-likeness (QED) is 0.718. The van der Waals surface area contributed by atoms with Gasteiger partial charge in [-0.15, -0.1) is 0 Å². The number of carbonyl (C=O) groups excluding carboxylic acids is 2. The second kappa shape index (κ2) is 9.56. The number of hydrogen-bond acceptors (Lipinski definition) is 5. The van der Waals surface area contributed by atoms with E-state index >= 15 is 0 Å². The van der Waals surface area contributed by atoms with Crippen molar-refractivity contribution >= 4 is 11.9 Å². The number of hydrogen-bond donors (Lipinski definition) is 1. The minimum Gasteiger partial charge on any atom is -0.493 e. The highest BCUT2D eigenvalue weighted by atomic mass is 19.1. The monoisotopic (exact) mass is 375 g/mol. The number of carbonyl (C=O) groups is 2. The van der Waals surface area contributed by atoms with Crippen molar-refractivity contribution in [3.63, 3.8) is 0 Å². The fraction of sp³-hybridized carbons (Fsp3) is 0.300. The van der Waals surface area contributed by atoms with E-state index in [-0.39, 0.29) is 17.9 Å². The van der Waals surface area contributed by atoms with Gasteiger partial charge in [0.2, 0.25) is 0 Å². The summed E-state index contributed by atoms with van der Waals surface area (Å²) in [5.74, 6) is -0.533. The van der Waals surface area contributed by atoms with Gasteiger partial charge in [-0.25, -0.2) is 9.18 Å². The van der Waals surface area contributed by atoms with E-state index in [1.807, 2.05) is 6.92 Å². The summed E-state index contributed by atoms with van der Waals surface area (Å²) in [5.41, 5.74) is 0.984. The van der Waals surface area contributed by atoms with Gasteiger partial charge in [-0.1, -0.05) is 12.1 Å². The minimum atomic E-state index is -0.990. The smallest absolute Gasteiger partial charge is 0.339 e. The number of nitrogens with one attached hydrogen (secondary N) is 1. The van der Waals surface area contributed by atoms with E-state index in [1.54, 1.807) is 18.2 Å². The summed E-state index contributed by atoms with van der Waals surface area (Å²) in [6.07, 6.45) is -0.990. The predicted molar refractivity (Wildman–Crippen MR) is 97.3 cm³/mol. The Balaban J connectivity index is 1.94. The Hall–Kier alpha value is -3.09. The molecule has 144 valence electrons. The predicted octanol–water partition coefficient (Wildman–Crippen LogP) is 3.09. The van der Waals surface area contributed by atoms with Gasteiger partial charge >= 0.3 is 5.97 Å². The van der Waals surface area contributed by atoms with Crippen LogP contribution in [0.25, 0.3) is 0 Å². The number of esters is 1. The van der Waals surface area contributed by atoms with Gasteiger partial charge in [-0.05, 0) is 49.7 Å². The van der Waals surface area contributed by atoms with Gasteiger partial charge in [-0.3, -0.25) is 4.79 Å². The maximum Gasteiger partial charge on any atom is 0.339 e. The van der Waals surface area contributed by atoms with E-state index in [4.69, 9.17) is 14.2 Å². The summed E-state index contributed by atoms with van der Waals surface area (Å²) in [6.45, 7) is 3.91. The molecule has 27 heavy (non-hydrogen) atoms. The zero-order valence-electron chi connectivity index (χ0n) is 15.5. The van der Waals surface area contributed by atoms with Gasteiger partial charge in [0.25, 0.3) is 5.91 Å². The first-order valence-electron chi connectivity index (χ1n) is 8.48. The Morgan fingerprint density at radius 1 is 1.11 bits per heavy atom. The fourth-order valence-electron chi connectivity index (χ4n) is 2.29. The van der Waals surface area contributed by atoms with E-state index in [9.17, 15) is 14.0 Å². The van der Waals surface area contributed by atoms with E-state index in [1.165, 1.54) is 38.3 Å². The highest BCUT2D eigenvalue weighted by Gasteiger charge is 2.20. The molecule has 0 saturated carbocycles. The molecule has 6 nitrogen and oxygen atoms in total. The van der Waals surface area contributed by atoms with E-state index < -0.39 is 18.0 Å². The third-order valence-electron chi connectivity index (χ3n) is 3.73. The zero-order valence-corrected chi connectivity index (χ0v) is 15.5. The summed E-state index contributed by atoms with van der Waals surface area (Å²) in [4.78, 5) is 24.4. The first-order valence-corrected chi connectivity index (χ1v) is 8.48. The van der Waals surface area contributed by atoms with Gasteiger partial charge in [0.05, 0.1) is 19.3 Å². The third-order valence-corrected chi connectivity index (χ3v) is 3.73. The van der Waals surface area contributed by atoms with Crippen molar-refractivity contribution in [2.75, 3.05) is 13.7 Å². The number of halogens is 1.